The summed E-state index contributed by atoms with van der Waals surface area (Å²) >= 11 is 3.44. The molecule has 0 spiro atoms. The van der Waals surface area contributed by atoms with Crippen molar-refractivity contribution in [3.8, 4) is 6.07 Å². The number of halogens is 1. The van der Waals surface area contributed by atoms with Crippen molar-refractivity contribution in [2.24, 2.45) is 11.7 Å². The van der Waals surface area contributed by atoms with Crippen LogP contribution in [-0.4, -0.2) is 19.1 Å². The summed E-state index contributed by atoms with van der Waals surface area (Å²) in [6.45, 7) is 4.03. The van der Waals surface area contributed by atoms with Crippen LogP contribution >= 0.6 is 15.9 Å². The molecule has 2 atom stereocenters. The standard InChI is InChI=1S/C14H18BrN3/c1-10(17)11-4-3-7-18(9-11)14-6-2-5-13(15)12(14)8-16/h2,5-6,10-11H,3-4,7,9,17H2,1H3. The molecule has 2 rings (SSSR count). The monoisotopic (exact) mass is 307 g/mol. The van der Waals surface area contributed by atoms with E-state index < -0.39 is 0 Å². The van der Waals surface area contributed by atoms with Crippen molar-refractivity contribution >= 4 is 21.6 Å². The number of nitriles is 1. The number of rotatable bonds is 2. The van der Waals surface area contributed by atoms with Crippen LogP contribution in [0.1, 0.15) is 25.3 Å². The van der Waals surface area contributed by atoms with Crippen LogP contribution in [0.3, 0.4) is 0 Å². The minimum Gasteiger partial charge on any atom is -0.370 e. The molecule has 2 unspecified atom stereocenters. The Labute approximate surface area is 117 Å². The molecule has 0 aromatic heterocycles. The van der Waals surface area contributed by atoms with Crippen LogP contribution in [0.2, 0.25) is 0 Å². The molecule has 1 aromatic rings. The quantitative estimate of drug-likeness (QED) is 0.914. The summed E-state index contributed by atoms with van der Waals surface area (Å²) in [5, 5.41) is 9.27. The average Bonchev–Trinajstić information content (AvgIpc) is 2.38. The summed E-state index contributed by atoms with van der Waals surface area (Å²) in [7, 11) is 0. The predicted octanol–water partition coefficient (Wildman–Crippen LogP) is 2.88. The molecule has 1 saturated heterocycles. The highest BCUT2D eigenvalue weighted by Crippen LogP contribution is 2.30. The lowest BCUT2D eigenvalue weighted by Crippen LogP contribution is -2.42. The predicted molar refractivity (Wildman–Crippen MR) is 77.4 cm³/mol. The first-order chi connectivity index (χ1) is 8.63. The molecule has 1 heterocycles. The van der Waals surface area contributed by atoms with Crippen LogP contribution < -0.4 is 10.6 Å². The van der Waals surface area contributed by atoms with E-state index in [2.05, 4.69) is 33.8 Å². The number of nitrogens with zero attached hydrogens (tertiary/aromatic N) is 2. The maximum atomic E-state index is 9.27. The molecule has 18 heavy (non-hydrogen) atoms. The number of hydrogen-bond donors (Lipinski definition) is 1. The molecule has 0 aliphatic carbocycles. The van der Waals surface area contributed by atoms with Crippen molar-refractivity contribution in [1.82, 2.24) is 0 Å². The van der Waals surface area contributed by atoms with Crippen molar-refractivity contribution in [3.05, 3.63) is 28.2 Å². The van der Waals surface area contributed by atoms with Gasteiger partial charge in [-0.15, -0.1) is 0 Å². The second-order valence-corrected chi connectivity index (χ2v) is 5.81. The molecule has 0 amide bonds. The summed E-state index contributed by atoms with van der Waals surface area (Å²) in [6.07, 6.45) is 2.33. The van der Waals surface area contributed by atoms with Gasteiger partial charge in [0.05, 0.1) is 11.3 Å². The number of piperidine rings is 1. The zero-order valence-electron chi connectivity index (χ0n) is 10.6. The molecule has 0 radical (unpaired) electrons. The van der Waals surface area contributed by atoms with Gasteiger partial charge in [-0.2, -0.15) is 5.26 Å². The third-order valence-electron chi connectivity index (χ3n) is 3.65. The maximum Gasteiger partial charge on any atom is 0.103 e. The van der Waals surface area contributed by atoms with Crippen LogP contribution in [0.15, 0.2) is 22.7 Å². The van der Waals surface area contributed by atoms with Crippen molar-refractivity contribution in [2.45, 2.75) is 25.8 Å². The minimum atomic E-state index is 0.213. The first-order valence-electron chi connectivity index (χ1n) is 6.32. The fourth-order valence-corrected chi connectivity index (χ4v) is 2.99. The van der Waals surface area contributed by atoms with E-state index in [4.69, 9.17) is 5.73 Å². The van der Waals surface area contributed by atoms with Gasteiger partial charge < -0.3 is 10.6 Å². The molecule has 2 N–H and O–H groups in total. The Kier molecular flexibility index (Phi) is 4.26. The largest absolute Gasteiger partial charge is 0.370 e. The van der Waals surface area contributed by atoms with Gasteiger partial charge >= 0.3 is 0 Å². The van der Waals surface area contributed by atoms with E-state index in [0.29, 0.717) is 5.92 Å². The summed E-state index contributed by atoms with van der Waals surface area (Å²) in [4.78, 5) is 2.29. The van der Waals surface area contributed by atoms with Gasteiger partial charge in [0.2, 0.25) is 0 Å². The Morgan fingerprint density at radius 1 is 1.56 bits per heavy atom. The van der Waals surface area contributed by atoms with Gasteiger partial charge in [0.25, 0.3) is 0 Å². The van der Waals surface area contributed by atoms with Gasteiger partial charge in [-0.3, -0.25) is 0 Å². The molecular weight excluding hydrogens is 290 g/mol. The lowest BCUT2D eigenvalue weighted by atomic mass is 9.91. The van der Waals surface area contributed by atoms with Crippen LogP contribution in [0.25, 0.3) is 0 Å². The highest BCUT2D eigenvalue weighted by atomic mass is 79.9. The maximum absolute atomic E-state index is 9.27. The van der Waals surface area contributed by atoms with Crippen molar-refractivity contribution < 1.29 is 0 Å². The summed E-state index contributed by atoms with van der Waals surface area (Å²) in [5.41, 5.74) is 7.76. The van der Waals surface area contributed by atoms with Gasteiger partial charge in [-0.05, 0) is 53.7 Å². The lowest BCUT2D eigenvalue weighted by molar-refractivity contribution is 0.364. The van der Waals surface area contributed by atoms with E-state index in [9.17, 15) is 5.26 Å². The first kappa shape index (κ1) is 13.4. The number of anilines is 1. The Morgan fingerprint density at radius 2 is 2.33 bits per heavy atom. The van der Waals surface area contributed by atoms with Crippen molar-refractivity contribution in [2.75, 3.05) is 18.0 Å². The first-order valence-corrected chi connectivity index (χ1v) is 7.12. The molecule has 3 nitrogen and oxygen atoms in total. The zero-order chi connectivity index (χ0) is 13.1. The molecule has 1 fully saturated rings. The molecule has 1 aromatic carbocycles. The summed E-state index contributed by atoms with van der Waals surface area (Å²) in [6, 6.07) is 8.41. The number of nitrogens with two attached hydrogens (primary N) is 1. The number of benzene rings is 1. The molecular formula is C14H18BrN3. The van der Waals surface area contributed by atoms with E-state index in [1.807, 2.05) is 18.2 Å². The van der Waals surface area contributed by atoms with Gasteiger partial charge in [0.1, 0.15) is 6.07 Å². The van der Waals surface area contributed by atoms with Crippen LogP contribution in [-0.2, 0) is 0 Å². The van der Waals surface area contributed by atoms with E-state index in [0.717, 1.165) is 35.2 Å². The molecule has 96 valence electrons. The zero-order valence-corrected chi connectivity index (χ0v) is 12.2. The van der Waals surface area contributed by atoms with E-state index in [1.54, 1.807) is 0 Å². The Morgan fingerprint density at radius 3 is 3.00 bits per heavy atom. The molecule has 1 aliphatic rings. The van der Waals surface area contributed by atoms with Gasteiger partial charge in [-0.1, -0.05) is 6.07 Å². The fraction of sp³-hybridized carbons (Fsp3) is 0.500. The van der Waals surface area contributed by atoms with Crippen LogP contribution in [0, 0.1) is 17.2 Å². The van der Waals surface area contributed by atoms with E-state index in [1.165, 1.54) is 6.42 Å². The Balaban J connectivity index is 2.27. The Hall–Kier alpha value is -1.05. The van der Waals surface area contributed by atoms with Gasteiger partial charge in [0, 0.05) is 23.6 Å². The van der Waals surface area contributed by atoms with Gasteiger partial charge in [0.15, 0.2) is 0 Å². The van der Waals surface area contributed by atoms with E-state index in [-0.39, 0.29) is 6.04 Å². The van der Waals surface area contributed by atoms with Crippen LogP contribution in [0.5, 0.6) is 0 Å². The van der Waals surface area contributed by atoms with Crippen molar-refractivity contribution in [1.29, 1.82) is 5.26 Å². The van der Waals surface area contributed by atoms with E-state index >= 15 is 0 Å². The molecule has 0 bridgehead atoms. The van der Waals surface area contributed by atoms with Crippen molar-refractivity contribution in [3.63, 3.8) is 0 Å². The average molecular weight is 308 g/mol. The second-order valence-electron chi connectivity index (χ2n) is 4.95. The van der Waals surface area contributed by atoms with Gasteiger partial charge in [-0.25, -0.2) is 0 Å². The van der Waals surface area contributed by atoms with Crippen LogP contribution in [0.4, 0.5) is 5.69 Å². The summed E-state index contributed by atoms with van der Waals surface area (Å²) < 4.78 is 0.866. The molecule has 0 saturated carbocycles. The third kappa shape index (κ3) is 2.68. The smallest absolute Gasteiger partial charge is 0.103 e. The lowest BCUT2D eigenvalue weighted by Gasteiger charge is -2.36. The molecule has 1 aliphatic heterocycles. The normalized spacial score (nSPS) is 21.4. The number of hydrogen-bond acceptors (Lipinski definition) is 3. The third-order valence-corrected chi connectivity index (χ3v) is 4.31. The molecule has 4 heteroatoms. The fourth-order valence-electron chi connectivity index (χ4n) is 2.54. The topological polar surface area (TPSA) is 53.0 Å². The second kappa shape index (κ2) is 5.73. The summed E-state index contributed by atoms with van der Waals surface area (Å²) in [5.74, 6) is 0.518. The highest BCUT2D eigenvalue weighted by molar-refractivity contribution is 9.10. The SMILES string of the molecule is CC(N)C1CCCN(c2cccc(Br)c2C#N)C1. The highest BCUT2D eigenvalue weighted by Gasteiger charge is 2.24. The minimum absolute atomic E-state index is 0.213. The Bertz CT molecular complexity index is 465.